The van der Waals surface area contributed by atoms with Gasteiger partial charge in [0.15, 0.2) is 0 Å². The molecule has 4 rings (SSSR count). The van der Waals surface area contributed by atoms with Crippen LogP contribution in [0.3, 0.4) is 0 Å². The molecule has 33 heavy (non-hydrogen) atoms. The monoisotopic (exact) mass is 464 g/mol. The van der Waals surface area contributed by atoms with Crippen molar-refractivity contribution < 1.29 is 14.0 Å². The molecule has 9 heteroatoms. The lowest BCUT2D eigenvalue weighted by molar-refractivity contribution is 0.0942. The van der Waals surface area contributed by atoms with Crippen molar-refractivity contribution in [2.45, 2.75) is 19.9 Å². The Morgan fingerprint density at radius 2 is 1.73 bits per heavy atom. The summed E-state index contributed by atoms with van der Waals surface area (Å²) in [4.78, 5) is 42.8. The van der Waals surface area contributed by atoms with Gasteiger partial charge in [0.2, 0.25) is 0 Å². The Hall–Kier alpha value is -3.85. The number of nitrogens with one attached hydrogen (secondary N) is 2. The molecule has 1 atom stereocenters. The van der Waals surface area contributed by atoms with E-state index in [0.29, 0.717) is 31.9 Å². The molecule has 0 saturated heterocycles. The first-order chi connectivity index (χ1) is 15.7. The van der Waals surface area contributed by atoms with Crippen LogP contribution in [0.2, 0.25) is 0 Å². The molecular weight excluding hydrogens is 443 g/mol. The third-order valence-electron chi connectivity index (χ3n) is 5.34. The highest BCUT2D eigenvalue weighted by molar-refractivity contribution is 7.20. The highest BCUT2D eigenvalue weighted by atomic mass is 32.1. The maximum absolute atomic E-state index is 13.0. The van der Waals surface area contributed by atoms with E-state index >= 15 is 0 Å². The molecule has 0 bridgehead atoms. The van der Waals surface area contributed by atoms with Crippen molar-refractivity contribution in [2.75, 3.05) is 5.32 Å². The molecule has 0 aliphatic carbocycles. The Morgan fingerprint density at radius 1 is 1.06 bits per heavy atom. The Balaban J connectivity index is 1.45. The van der Waals surface area contributed by atoms with Gasteiger partial charge in [-0.05, 0) is 61.4 Å². The summed E-state index contributed by atoms with van der Waals surface area (Å²) >= 11 is 1.19. The van der Waals surface area contributed by atoms with Crippen LogP contribution in [0, 0.1) is 12.7 Å². The van der Waals surface area contributed by atoms with Crippen LogP contribution in [0.25, 0.3) is 10.2 Å². The summed E-state index contributed by atoms with van der Waals surface area (Å²) in [6.07, 6.45) is 1.45. The van der Waals surface area contributed by atoms with Gasteiger partial charge in [-0.1, -0.05) is 12.1 Å². The van der Waals surface area contributed by atoms with Gasteiger partial charge < -0.3 is 15.2 Å². The lowest BCUT2D eigenvalue weighted by atomic mass is 10.1. The second-order valence-corrected chi connectivity index (χ2v) is 8.67. The van der Waals surface area contributed by atoms with Crippen molar-refractivity contribution in [3.05, 3.63) is 92.6 Å². The Kier molecular flexibility index (Phi) is 6.06. The fourth-order valence-electron chi connectivity index (χ4n) is 3.43. The molecule has 0 spiro atoms. The summed E-state index contributed by atoms with van der Waals surface area (Å²) < 4.78 is 14.4. The quantitative estimate of drug-likeness (QED) is 0.463. The van der Waals surface area contributed by atoms with Crippen molar-refractivity contribution in [3.8, 4) is 0 Å². The highest BCUT2D eigenvalue weighted by Crippen LogP contribution is 2.27. The first-order valence-electron chi connectivity index (χ1n) is 10.2. The zero-order chi connectivity index (χ0) is 23.7. The first-order valence-corrected chi connectivity index (χ1v) is 11.0. The van der Waals surface area contributed by atoms with E-state index in [1.54, 1.807) is 38.2 Å². The molecule has 1 unspecified atom stereocenters. The number of amides is 2. The predicted molar refractivity (Wildman–Crippen MR) is 126 cm³/mol. The second kappa shape index (κ2) is 8.95. The topological polar surface area (TPSA) is 93.1 Å². The average molecular weight is 465 g/mol. The predicted octanol–water partition coefficient (Wildman–Crippen LogP) is 4.19. The van der Waals surface area contributed by atoms with Gasteiger partial charge in [-0.25, -0.2) is 9.37 Å². The first kappa shape index (κ1) is 22.3. The molecule has 2 aromatic carbocycles. The summed E-state index contributed by atoms with van der Waals surface area (Å²) in [5, 5.41) is 6.17. The fourth-order valence-corrected chi connectivity index (χ4v) is 4.47. The van der Waals surface area contributed by atoms with Gasteiger partial charge in [-0.3, -0.25) is 14.4 Å². The summed E-state index contributed by atoms with van der Waals surface area (Å²) in [7, 11) is 1.62. The van der Waals surface area contributed by atoms with Crippen LogP contribution in [0.15, 0.2) is 59.7 Å². The SMILES string of the molecule is Cc1c(C(=O)NC(C)c2ccc(NC(=O)c3ccc(F)cc3)cc2)sc2ncn(C)c(=O)c12. The minimum Gasteiger partial charge on any atom is -0.345 e. The number of thiophene rings is 1. The Labute approximate surface area is 192 Å². The van der Waals surface area contributed by atoms with E-state index in [-0.39, 0.29) is 23.4 Å². The minimum atomic E-state index is -0.406. The summed E-state index contributed by atoms with van der Waals surface area (Å²) in [6, 6.07) is 12.1. The summed E-state index contributed by atoms with van der Waals surface area (Å²) in [6.45, 7) is 3.60. The number of hydrogen-bond donors (Lipinski definition) is 2. The number of aromatic nitrogens is 2. The molecule has 0 fully saturated rings. The fraction of sp³-hybridized carbons (Fsp3) is 0.167. The lowest BCUT2D eigenvalue weighted by Gasteiger charge is -2.15. The molecule has 0 aliphatic heterocycles. The van der Waals surface area contributed by atoms with Crippen molar-refractivity contribution >= 4 is 39.1 Å². The van der Waals surface area contributed by atoms with Gasteiger partial charge in [-0.2, -0.15) is 0 Å². The number of anilines is 1. The van der Waals surface area contributed by atoms with Crippen molar-refractivity contribution in [2.24, 2.45) is 7.05 Å². The summed E-state index contributed by atoms with van der Waals surface area (Å²) in [5.41, 5.74) is 2.21. The standard InChI is InChI=1S/C24H21FN4O3S/c1-13-19-23(26-12-29(3)24(19)32)33-20(13)22(31)27-14(2)15-6-10-18(11-7-15)28-21(30)16-4-8-17(25)9-5-16/h4-12,14H,1-3H3,(H,27,31)(H,28,30). The number of nitrogens with zero attached hydrogens (tertiary/aromatic N) is 2. The smallest absolute Gasteiger partial charge is 0.262 e. The van der Waals surface area contributed by atoms with Crippen molar-refractivity contribution in [1.29, 1.82) is 0 Å². The van der Waals surface area contributed by atoms with Gasteiger partial charge in [0.05, 0.1) is 22.6 Å². The normalized spacial score (nSPS) is 11.9. The molecule has 7 nitrogen and oxygen atoms in total. The van der Waals surface area contributed by atoms with Gasteiger partial charge in [0.25, 0.3) is 17.4 Å². The lowest BCUT2D eigenvalue weighted by Crippen LogP contribution is -2.26. The highest BCUT2D eigenvalue weighted by Gasteiger charge is 2.20. The van der Waals surface area contributed by atoms with E-state index in [0.717, 1.165) is 5.56 Å². The van der Waals surface area contributed by atoms with E-state index in [4.69, 9.17) is 0 Å². The number of hydrogen-bond acceptors (Lipinski definition) is 5. The van der Waals surface area contributed by atoms with E-state index < -0.39 is 5.82 Å². The zero-order valence-electron chi connectivity index (χ0n) is 18.2. The van der Waals surface area contributed by atoms with Crippen LogP contribution in [0.1, 0.15) is 44.1 Å². The number of carbonyl (C=O) groups excluding carboxylic acids is 2. The second-order valence-electron chi connectivity index (χ2n) is 7.68. The zero-order valence-corrected chi connectivity index (χ0v) is 19.0. The molecule has 0 saturated carbocycles. The number of halogens is 1. The number of aryl methyl sites for hydroxylation is 2. The van der Waals surface area contributed by atoms with E-state index in [1.807, 2.05) is 6.92 Å². The number of benzene rings is 2. The molecule has 2 heterocycles. The van der Waals surface area contributed by atoms with Crippen LogP contribution in [-0.4, -0.2) is 21.4 Å². The van der Waals surface area contributed by atoms with Gasteiger partial charge >= 0.3 is 0 Å². The molecule has 2 aromatic heterocycles. The van der Waals surface area contributed by atoms with Crippen molar-refractivity contribution in [3.63, 3.8) is 0 Å². The molecule has 2 amide bonds. The van der Waals surface area contributed by atoms with Gasteiger partial charge in [0.1, 0.15) is 10.6 Å². The molecule has 0 aliphatic rings. The maximum Gasteiger partial charge on any atom is 0.262 e. The number of carbonyl (C=O) groups is 2. The minimum absolute atomic E-state index is 0.181. The maximum atomic E-state index is 13.0. The van der Waals surface area contributed by atoms with E-state index in [2.05, 4.69) is 15.6 Å². The number of fused-ring (bicyclic) bond motifs is 1. The van der Waals surface area contributed by atoms with E-state index in [9.17, 15) is 18.8 Å². The molecule has 4 aromatic rings. The van der Waals surface area contributed by atoms with Crippen LogP contribution in [0.5, 0.6) is 0 Å². The number of rotatable bonds is 5. The van der Waals surface area contributed by atoms with Gasteiger partial charge in [-0.15, -0.1) is 11.3 Å². The largest absolute Gasteiger partial charge is 0.345 e. The third kappa shape index (κ3) is 4.54. The molecule has 168 valence electrons. The Morgan fingerprint density at radius 3 is 2.39 bits per heavy atom. The Bertz CT molecular complexity index is 1410. The van der Waals surface area contributed by atoms with Crippen LogP contribution in [0.4, 0.5) is 10.1 Å². The third-order valence-corrected chi connectivity index (χ3v) is 6.54. The average Bonchev–Trinajstić information content (AvgIpc) is 3.14. The van der Waals surface area contributed by atoms with Gasteiger partial charge in [0, 0.05) is 18.3 Å². The van der Waals surface area contributed by atoms with Crippen LogP contribution in [-0.2, 0) is 7.05 Å². The van der Waals surface area contributed by atoms with E-state index in [1.165, 1.54) is 46.5 Å². The van der Waals surface area contributed by atoms with Crippen molar-refractivity contribution in [1.82, 2.24) is 14.9 Å². The molecule has 2 N–H and O–H groups in total. The van der Waals surface area contributed by atoms with Crippen LogP contribution < -0.4 is 16.2 Å². The summed E-state index contributed by atoms with van der Waals surface area (Å²) in [5.74, 6) is -1.03. The molecular formula is C24H21FN4O3S. The van der Waals surface area contributed by atoms with Crippen LogP contribution >= 0.6 is 11.3 Å². The molecule has 0 radical (unpaired) electrons.